The van der Waals surface area contributed by atoms with Crippen molar-refractivity contribution in [3.63, 3.8) is 0 Å². The Hall–Kier alpha value is -1.08. The summed E-state index contributed by atoms with van der Waals surface area (Å²) in [4.78, 5) is 7.47. The van der Waals surface area contributed by atoms with Gasteiger partial charge in [0.1, 0.15) is 0 Å². The van der Waals surface area contributed by atoms with Crippen molar-refractivity contribution in [1.82, 2.24) is 4.98 Å². The van der Waals surface area contributed by atoms with Gasteiger partial charge in [0.25, 0.3) is 6.04 Å². The summed E-state index contributed by atoms with van der Waals surface area (Å²) in [5.74, 6) is 0.520. The summed E-state index contributed by atoms with van der Waals surface area (Å²) in [5, 5.41) is 0. The number of methoxy groups -OCH3 is 1. The largest absolute Gasteiger partial charge is 0.481 e. The Morgan fingerprint density at radius 1 is 1.69 bits per heavy atom. The number of ether oxygens (including phenoxy) is 1. The molecule has 0 spiro atoms. The molecule has 0 N–H and O–H groups in total. The van der Waals surface area contributed by atoms with Gasteiger partial charge in [-0.15, -0.1) is 0 Å². The smallest absolute Gasteiger partial charge is 0.251 e. The number of pyridine rings is 1. The number of rotatable bonds is 2. The second-order valence-electron chi connectivity index (χ2n) is 2.56. The minimum Gasteiger partial charge on any atom is -0.481 e. The van der Waals surface area contributed by atoms with Crippen molar-refractivity contribution in [2.75, 3.05) is 7.11 Å². The molecule has 68 valence electrons. The number of aromatic nitrogens is 1. The summed E-state index contributed by atoms with van der Waals surface area (Å²) in [6.07, 6.45) is 1.65. The molecular formula is C9H9BrN2O. The summed E-state index contributed by atoms with van der Waals surface area (Å²) in [5.41, 5.74) is 0.812. The van der Waals surface area contributed by atoms with Gasteiger partial charge >= 0.3 is 0 Å². The highest BCUT2D eigenvalue weighted by Gasteiger charge is 2.16. The predicted octanol–water partition coefficient (Wildman–Crippen LogP) is 2.83. The lowest BCUT2D eigenvalue weighted by Gasteiger charge is -2.05. The highest BCUT2D eigenvalue weighted by Crippen LogP contribution is 2.27. The van der Waals surface area contributed by atoms with Crippen molar-refractivity contribution in [3.05, 3.63) is 33.7 Å². The van der Waals surface area contributed by atoms with Crippen LogP contribution in [0.4, 0.5) is 0 Å². The maximum Gasteiger partial charge on any atom is 0.251 e. The van der Waals surface area contributed by atoms with Crippen LogP contribution in [0.1, 0.15) is 18.5 Å². The molecule has 13 heavy (non-hydrogen) atoms. The van der Waals surface area contributed by atoms with E-state index >= 15 is 0 Å². The second kappa shape index (κ2) is 4.24. The fraction of sp³-hybridized carbons (Fsp3) is 0.333. The van der Waals surface area contributed by atoms with Crippen LogP contribution in [0.2, 0.25) is 0 Å². The van der Waals surface area contributed by atoms with Crippen molar-refractivity contribution < 1.29 is 4.74 Å². The van der Waals surface area contributed by atoms with Crippen LogP contribution in [0.15, 0.2) is 16.7 Å². The number of hydrogen-bond donors (Lipinski definition) is 0. The van der Waals surface area contributed by atoms with E-state index in [9.17, 15) is 0 Å². The minimum absolute atomic E-state index is 0.222. The van der Waals surface area contributed by atoms with Gasteiger partial charge < -0.3 is 9.58 Å². The molecule has 1 heterocycles. The molecule has 0 saturated heterocycles. The average molecular weight is 241 g/mol. The van der Waals surface area contributed by atoms with Gasteiger partial charge in [0.2, 0.25) is 5.88 Å². The third-order valence-electron chi connectivity index (χ3n) is 1.68. The van der Waals surface area contributed by atoms with E-state index in [2.05, 4.69) is 25.8 Å². The number of nitrogens with zero attached hydrogens (tertiary/aromatic N) is 2. The van der Waals surface area contributed by atoms with Crippen LogP contribution in [-0.2, 0) is 0 Å². The molecule has 1 aromatic rings. The molecule has 0 aliphatic carbocycles. The lowest BCUT2D eigenvalue weighted by molar-refractivity contribution is 0.391. The highest BCUT2D eigenvalue weighted by molar-refractivity contribution is 9.10. The van der Waals surface area contributed by atoms with Crippen LogP contribution in [0, 0.1) is 6.57 Å². The standard InChI is InChI=1S/C9H9BrN2O/c1-6(11-2)8-4-7(10)5-12-9(8)13-3/h4-6H,1,3H3. The van der Waals surface area contributed by atoms with Crippen molar-refractivity contribution in [1.29, 1.82) is 0 Å². The molecule has 1 atom stereocenters. The molecule has 1 aromatic heterocycles. The fourth-order valence-corrected chi connectivity index (χ4v) is 1.33. The zero-order valence-electron chi connectivity index (χ0n) is 7.41. The third-order valence-corrected chi connectivity index (χ3v) is 2.12. The summed E-state index contributed by atoms with van der Waals surface area (Å²) in [6.45, 7) is 8.73. The van der Waals surface area contributed by atoms with Crippen LogP contribution in [0.3, 0.4) is 0 Å². The molecule has 3 nitrogen and oxygen atoms in total. The molecule has 0 amide bonds. The minimum atomic E-state index is -0.222. The lowest BCUT2D eigenvalue weighted by Crippen LogP contribution is -1.96. The Morgan fingerprint density at radius 3 is 2.92 bits per heavy atom. The Balaban J connectivity index is 3.17. The van der Waals surface area contributed by atoms with Gasteiger partial charge in [0.15, 0.2) is 0 Å². The summed E-state index contributed by atoms with van der Waals surface area (Å²) < 4.78 is 5.91. The van der Waals surface area contributed by atoms with E-state index in [1.165, 1.54) is 0 Å². The lowest BCUT2D eigenvalue weighted by atomic mass is 10.1. The SMILES string of the molecule is [C-]#[N+]C(C)c1cc(Br)cnc1OC. The van der Waals surface area contributed by atoms with Crippen molar-refractivity contribution >= 4 is 15.9 Å². The first kappa shape index (κ1) is 10.0. The molecule has 1 unspecified atom stereocenters. The van der Waals surface area contributed by atoms with Gasteiger partial charge in [-0.2, -0.15) is 0 Å². The molecule has 1 rings (SSSR count). The van der Waals surface area contributed by atoms with Crippen LogP contribution in [0.5, 0.6) is 5.88 Å². The first-order chi connectivity index (χ1) is 6.19. The zero-order chi connectivity index (χ0) is 9.84. The van der Waals surface area contributed by atoms with Gasteiger partial charge in [0.05, 0.1) is 12.7 Å². The molecule has 0 radical (unpaired) electrons. The summed E-state index contributed by atoms with van der Waals surface area (Å²) in [7, 11) is 1.55. The normalized spacial score (nSPS) is 11.8. The Labute approximate surface area is 85.7 Å². The quantitative estimate of drug-likeness (QED) is 0.744. The first-order valence-electron chi connectivity index (χ1n) is 3.75. The first-order valence-corrected chi connectivity index (χ1v) is 4.54. The number of hydrogen-bond acceptors (Lipinski definition) is 2. The molecule has 0 saturated carbocycles. The van der Waals surface area contributed by atoms with Gasteiger partial charge in [-0.05, 0) is 22.0 Å². The van der Waals surface area contributed by atoms with E-state index in [1.807, 2.05) is 13.0 Å². The molecule has 0 aliphatic rings. The van der Waals surface area contributed by atoms with E-state index in [-0.39, 0.29) is 6.04 Å². The van der Waals surface area contributed by atoms with Crippen molar-refractivity contribution in [3.8, 4) is 5.88 Å². The van der Waals surface area contributed by atoms with Crippen molar-refractivity contribution in [2.24, 2.45) is 0 Å². The van der Waals surface area contributed by atoms with E-state index < -0.39 is 0 Å². The van der Waals surface area contributed by atoms with Crippen LogP contribution in [0.25, 0.3) is 4.85 Å². The average Bonchev–Trinajstić information content (AvgIpc) is 2.16. The molecule has 0 aliphatic heterocycles. The summed E-state index contributed by atoms with van der Waals surface area (Å²) in [6, 6.07) is 1.63. The van der Waals surface area contributed by atoms with Crippen LogP contribution in [-0.4, -0.2) is 12.1 Å². The fourth-order valence-electron chi connectivity index (χ4n) is 0.982. The van der Waals surface area contributed by atoms with Gasteiger partial charge in [-0.25, -0.2) is 11.6 Å². The number of halogens is 1. The summed E-state index contributed by atoms with van der Waals surface area (Å²) >= 11 is 3.30. The third kappa shape index (κ3) is 2.19. The van der Waals surface area contributed by atoms with Crippen LogP contribution >= 0.6 is 15.9 Å². The Morgan fingerprint density at radius 2 is 2.38 bits per heavy atom. The van der Waals surface area contributed by atoms with E-state index in [0.717, 1.165) is 10.0 Å². The molecule has 0 fully saturated rings. The monoisotopic (exact) mass is 240 g/mol. The molecule has 0 aromatic carbocycles. The zero-order valence-corrected chi connectivity index (χ0v) is 9.00. The second-order valence-corrected chi connectivity index (χ2v) is 3.47. The predicted molar refractivity (Wildman–Crippen MR) is 53.5 cm³/mol. The van der Waals surface area contributed by atoms with Gasteiger partial charge in [-0.1, -0.05) is 0 Å². The topological polar surface area (TPSA) is 26.5 Å². The van der Waals surface area contributed by atoms with Crippen LogP contribution < -0.4 is 4.74 Å². The Bertz CT molecular complexity index is 346. The maximum atomic E-state index is 6.91. The maximum absolute atomic E-state index is 6.91. The van der Waals surface area contributed by atoms with E-state index in [0.29, 0.717) is 5.88 Å². The molecule has 0 bridgehead atoms. The molecule has 4 heteroatoms. The highest BCUT2D eigenvalue weighted by atomic mass is 79.9. The van der Waals surface area contributed by atoms with Crippen molar-refractivity contribution in [2.45, 2.75) is 13.0 Å². The van der Waals surface area contributed by atoms with E-state index in [1.54, 1.807) is 13.3 Å². The molecular weight excluding hydrogens is 232 g/mol. The van der Waals surface area contributed by atoms with Gasteiger partial charge in [-0.3, -0.25) is 0 Å². The van der Waals surface area contributed by atoms with E-state index in [4.69, 9.17) is 11.3 Å². The van der Waals surface area contributed by atoms with Gasteiger partial charge in [0, 0.05) is 17.6 Å². The Kier molecular flexibility index (Phi) is 3.26.